The van der Waals surface area contributed by atoms with Crippen molar-refractivity contribution in [3.8, 4) is 6.07 Å². The molecule has 112 valence electrons. The lowest BCUT2D eigenvalue weighted by atomic mass is 9.97. The summed E-state index contributed by atoms with van der Waals surface area (Å²) in [4.78, 5) is 14.1. The maximum Gasteiger partial charge on any atom is 0.240 e. The average Bonchev–Trinajstić information content (AvgIpc) is 2.54. The monoisotopic (exact) mass is 286 g/mol. The van der Waals surface area contributed by atoms with Gasteiger partial charge >= 0.3 is 0 Å². The Bertz CT molecular complexity index is 489. The minimum Gasteiger partial charge on any atom is -0.381 e. The lowest BCUT2D eigenvalue weighted by Gasteiger charge is -2.28. The van der Waals surface area contributed by atoms with Crippen molar-refractivity contribution in [2.24, 2.45) is 11.8 Å². The molecule has 0 radical (unpaired) electrons. The van der Waals surface area contributed by atoms with E-state index in [1.165, 1.54) is 0 Å². The Morgan fingerprint density at radius 3 is 2.86 bits per heavy atom. The second-order valence-electron chi connectivity index (χ2n) is 5.67. The van der Waals surface area contributed by atoms with Crippen LogP contribution in [0.2, 0.25) is 0 Å². The first kappa shape index (κ1) is 15.5. The van der Waals surface area contributed by atoms with Crippen molar-refractivity contribution in [2.75, 3.05) is 26.8 Å². The van der Waals surface area contributed by atoms with Crippen LogP contribution in [0.15, 0.2) is 30.3 Å². The minimum atomic E-state index is -0.609. The molecule has 1 aromatic rings. The molecule has 4 nitrogen and oxygen atoms in total. The molecule has 2 unspecified atom stereocenters. The van der Waals surface area contributed by atoms with Gasteiger partial charge in [-0.05, 0) is 30.7 Å². The van der Waals surface area contributed by atoms with E-state index in [0.29, 0.717) is 25.5 Å². The number of carbonyl (C=O) groups is 1. The summed E-state index contributed by atoms with van der Waals surface area (Å²) in [5, 5.41) is 9.29. The number of hydrogen-bond acceptors (Lipinski definition) is 3. The second kappa shape index (κ2) is 7.80. The predicted molar refractivity (Wildman–Crippen MR) is 80.4 cm³/mol. The van der Waals surface area contributed by atoms with E-state index in [-0.39, 0.29) is 5.91 Å². The Labute approximate surface area is 126 Å². The summed E-state index contributed by atoms with van der Waals surface area (Å²) in [6.07, 6.45) is 2.62. The van der Waals surface area contributed by atoms with Crippen LogP contribution in [-0.2, 0) is 16.0 Å². The molecule has 1 amide bonds. The molecule has 4 heteroatoms. The summed E-state index contributed by atoms with van der Waals surface area (Å²) in [6.45, 7) is 2.21. The van der Waals surface area contributed by atoms with Crippen LogP contribution in [0.25, 0.3) is 0 Å². The van der Waals surface area contributed by atoms with Crippen LogP contribution < -0.4 is 0 Å². The van der Waals surface area contributed by atoms with E-state index in [2.05, 4.69) is 6.07 Å². The van der Waals surface area contributed by atoms with Crippen molar-refractivity contribution in [3.63, 3.8) is 0 Å². The lowest BCUT2D eigenvalue weighted by molar-refractivity contribution is -0.133. The smallest absolute Gasteiger partial charge is 0.240 e. The van der Waals surface area contributed by atoms with Gasteiger partial charge in [0, 0.05) is 20.2 Å². The Morgan fingerprint density at radius 1 is 1.48 bits per heavy atom. The highest BCUT2D eigenvalue weighted by atomic mass is 16.5. The van der Waals surface area contributed by atoms with E-state index < -0.39 is 5.92 Å². The number of benzene rings is 1. The highest BCUT2D eigenvalue weighted by molar-refractivity contribution is 5.81. The molecule has 0 spiro atoms. The molecule has 2 atom stereocenters. The van der Waals surface area contributed by atoms with Gasteiger partial charge in [-0.1, -0.05) is 30.3 Å². The van der Waals surface area contributed by atoms with Crippen molar-refractivity contribution in [2.45, 2.75) is 19.3 Å². The molecule has 1 fully saturated rings. The van der Waals surface area contributed by atoms with Gasteiger partial charge < -0.3 is 9.64 Å². The SMILES string of the molecule is CN(CC1CCCOC1)C(=O)C(C#N)Cc1ccccc1. The standard InChI is InChI=1S/C17H22N2O2/c1-19(12-15-8-5-9-21-13-15)17(20)16(11-18)10-14-6-3-2-4-7-14/h2-4,6-7,15-16H,5,8-10,12-13H2,1H3. The van der Waals surface area contributed by atoms with Gasteiger partial charge in [-0.15, -0.1) is 0 Å². The average molecular weight is 286 g/mol. The van der Waals surface area contributed by atoms with Gasteiger partial charge in [0.2, 0.25) is 5.91 Å². The summed E-state index contributed by atoms with van der Waals surface area (Å²) in [6, 6.07) is 11.8. The molecule has 1 aliphatic heterocycles. The molecule has 0 bridgehead atoms. The third-order valence-electron chi connectivity index (χ3n) is 3.90. The Morgan fingerprint density at radius 2 is 2.24 bits per heavy atom. The van der Waals surface area contributed by atoms with Crippen molar-refractivity contribution in [1.82, 2.24) is 4.90 Å². The molecular weight excluding hydrogens is 264 g/mol. The molecule has 1 aliphatic rings. The molecule has 1 saturated heterocycles. The largest absolute Gasteiger partial charge is 0.381 e. The van der Waals surface area contributed by atoms with Gasteiger partial charge in [0.1, 0.15) is 5.92 Å². The summed E-state index contributed by atoms with van der Waals surface area (Å²) < 4.78 is 5.44. The van der Waals surface area contributed by atoms with E-state index in [1.807, 2.05) is 30.3 Å². The van der Waals surface area contributed by atoms with Crippen LogP contribution in [0.3, 0.4) is 0 Å². The fraction of sp³-hybridized carbons (Fsp3) is 0.529. The molecule has 0 aromatic heterocycles. The van der Waals surface area contributed by atoms with Crippen molar-refractivity contribution < 1.29 is 9.53 Å². The molecule has 2 rings (SSSR count). The Hall–Kier alpha value is -1.86. The highest BCUT2D eigenvalue weighted by Crippen LogP contribution is 2.16. The third kappa shape index (κ3) is 4.57. The topological polar surface area (TPSA) is 53.3 Å². The number of rotatable bonds is 5. The summed E-state index contributed by atoms with van der Waals surface area (Å²) in [5.74, 6) is -0.308. The lowest BCUT2D eigenvalue weighted by Crippen LogP contribution is -2.38. The molecule has 21 heavy (non-hydrogen) atoms. The molecule has 0 saturated carbocycles. The van der Waals surface area contributed by atoms with Crippen LogP contribution >= 0.6 is 0 Å². The van der Waals surface area contributed by atoms with Crippen molar-refractivity contribution >= 4 is 5.91 Å². The summed E-state index contributed by atoms with van der Waals surface area (Å²) >= 11 is 0. The van der Waals surface area contributed by atoms with Crippen LogP contribution in [0.5, 0.6) is 0 Å². The van der Waals surface area contributed by atoms with Gasteiger partial charge in [0.05, 0.1) is 12.7 Å². The summed E-state index contributed by atoms with van der Waals surface area (Å²) in [7, 11) is 1.78. The first-order valence-electron chi connectivity index (χ1n) is 7.47. The van der Waals surface area contributed by atoms with E-state index >= 15 is 0 Å². The number of ether oxygens (including phenoxy) is 1. The van der Waals surface area contributed by atoms with E-state index in [1.54, 1.807) is 11.9 Å². The van der Waals surface area contributed by atoms with E-state index in [9.17, 15) is 10.1 Å². The number of nitriles is 1. The molecular formula is C17H22N2O2. The van der Waals surface area contributed by atoms with E-state index in [4.69, 9.17) is 4.74 Å². The fourth-order valence-corrected chi connectivity index (χ4v) is 2.73. The highest BCUT2D eigenvalue weighted by Gasteiger charge is 2.25. The van der Waals surface area contributed by atoms with Gasteiger partial charge in [0.25, 0.3) is 0 Å². The maximum absolute atomic E-state index is 12.4. The Kier molecular flexibility index (Phi) is 5.77. The van der Waals surface area contributed by atoms with Gasteiger partial charge in [-0.2, -0.15) is 5.26 Å². The molecule has 1 aromatic carbocycles. The first-order chi connectivity index (χ1) is 10.2. The maximum atomic E-state index is 12.4. The predicted octanol–water partition coefficient (Wildman–Crippen LogP) is 2.25. The van der Waals surface area contributed by atoms with Crippen LogP contribution in [0, 0.1) is 23.2 Å². The van der Waals surface area contributed by atoms with Crippen LogP contribution in [0.1, 0.15) is 18.4 Å². The van der Waals surface area contributed by atoms with Gasteiger partial charge in [0.15, 0.2) is 0 Å². The van der Waals surface area contributed by atoms with Crippen molar-refractivity contribution in [1.29, 1.82) is 5.26 Å². The number of amides is 1. The molecule has 0 aliphatic carbocycles. The van der Waals surface area contributed by atoms with Gasteiger partial charge in [-0.3, -0.25) is 4.79 Å². The first-order valence-corrected chi connectivity index (χ1v) is 7.47. The second-order valence-corrected chi connectivity index (χ2v) is 5.67. The van der Waals surface area contributed by atoms with Gasteiger partial charge in [-0.25, -0.2) is 0 Å². The molecule has 0 N–H and O–H groups in total. The zero-order valence-electron chi connectivity index (χ0n) is 12.5. The number of hydrogen-bond donors (Lipinski definition) is 0. The number of carbonyl (C=O) groups excluding carboxylic acids is 1. The van der Waals surface area contributed by atoms with E-state index in [0.717, 1.165) is 25.0 Å². The molecule has 1 heterocycles. The Balaban J connectivity index is 1.91. The fourth-order valence-electron chi connectivity index (χ4n) is 2.73. The van der Waals surface area contributed by atoms with Crippen LogP contribution in [-0.4, -0.2) is 37.6 Å². The zero-order chi connectivity index (χ0) is 15.1. The minimum absolute atomic E-state index is 0.0908. The zero-order valence-corrected chi connectivity index (χ0v) is 12.5. The number of nitrogens with zero attached hydrogens (tertiary/aromatic N) is 2. The van der Waals surface area contributed by atoms with Crippen LogP contribution in [0.4, 0.5) is 0 Å². The third-order valence-corrected chi connectivity index (χ3v) is 3.90. The van der Waals surface area contributed by atoms with Crippen molar-refractivity contribution in [3.05, 3.63) is 35.9 Å². The quantitative estimate of drug-likeness (QED) is 0.834. The summed E-state index contributed by atoms with van der Waals surface area (Å²) in [5.41, 5.74) is 1.02. The normalized spacial score (nSPS) is 19.5.